The van der Waals surface area contributed by atoms with Crippen molar-refractivity contribution in [3.8, 4) is 0 Å². The van der Waals surface area contributed by atoms with Crippen LogP contribution in [0.4, 0.5) is 0 Å². The first-order valence-electron chi connectivity index (χ1n) is 3.47. The Labute approximate surface area is 63.2 Å². The first-order chi connectivity index (χ1) is 4.66. The van der Waals surface area contributed by atoms with E-state index in [-0.39, 0.29) is 0 Å². The van der Waals surface area contributed by atoms with E-state index >= 15 is 0 Å². The zero-order chi connectivity index (χ0) is 7.98. The van der Waals surface area contributed by atoms with Gasteiger partial charge in [0.25, 0.3) is 0 Å². The molecule has 0 saturated carbocycles. The van der Waals surface area contributed by atoms with Crippen molar-refractivity contribution in [2.24, 2.45) is 4.99 Å². The van der Waals surface area contributed by atoms with E-state index in [4.69, 9.17) is 0 Å². The molecular formula is C9H15N. The summed E-state index contributed by atoms with van der Waals surface area (Å²) in [7, 11) is 0. The molecule has 0 N–H and O–H groups in total. The highest BCUT2D eigenvalue weighted by Crippen LogP contribution is 1.93. The minimum absolute atomic E-state index is 1.08. The summed E-state index contributed by atoms with van der Waals surface area (Å²) in [5.74, 6) is 0. The molecule has 0 rings (SSSR count). The van der Waals surface area contributed by atoms with Crippen LogP contribution in [0.25, 0.3) is 0 Å². The molecule has 0 aromatic carbocycles. The monoisotopic (exact) mass is 137 g/mol. The first kappa shape index (κ1) is 9.15. The molecule has 0 aromatic heterocycles. The summed E-state index contributed by atoms with van der Waals surface area (Å²) in [5, 5.41) is 0. The summed E-state index contributed by atoms with van der Waals surface area (Å²) in [4.78, 5) is 4.11. The van der Waals surface area contributed by atoms with E-state index in [1.807, 2.05) is 33.0 Å². The van der Waals surface area contributed by atoms with Gasteiger partial charge in [0.2, 0.25) is 0 Å². The van der Waals surface area contributed by atoms with Gasteiger partial charge in [0.1, 0.15) is 0 Å². The van der Waals surface area contributed by atoms with Gasteiger partial charge >= 0.3 is 0 Å². The van der Waals surface area contributed by atoms with E-state index < -0.39 is 0 Å². The number of hydrogen-bond acceptors (Lipinski definition) is 1. The molecule has 0 aliphatic carbocycles. The molecular weight excluding hydrogens is 122 g/mol. The van der Waals surface area contributed by atoms with Crippen molar-refractivity contribution in [2.45, 2.75) is 27.7 Å². The van der Waals surface area contributed by atoms with Gasteiger partial charge in [0, 0.05) is 11.9 Å². The van der Waals surface area contributed by atoms with Crippen LogP contribution in [0.1, 0.15) is 27.7 Å². The van der Waals surface area contributed by atoms with E-state index in [1.54, 1.807) is 0 Å². The number of rotatable bonds is 2. The number of nitrogens with zero attached hydrogens (tertiary/aromatic N) is 1. The summed E-state index contributed by atoms with van der Waals surface area (Å²) < 4.78 is 0. The smallest absolute Gasteiger partial charge is 0.0269 e. The molecule has 0 heterocycles. The van der Waals surface area contributed by atoms with Crippen LogP contribution in [0.15, 0.2) is 28.9 Å². The molecule has 0 aliphatic heterocycles. The highest BCUT2D eigenvalue weighted by Gasteiger charge is 1.75. The third-order valence-corrected chi connectivity index (χ3v) is 1.13. The molecule has 0 atom stereocenters. The molecule has 0 saturated heterocycles. The fraction of sp³-hybridized carbons (Fsp3) is 0.444. The van der Waals surface area contributed by atoms with Crippen LogP contribution in [-0.4, -0.2) is 5.71 Å². The first-order valence-corrected chi connectivity index (χ1v) is 3.47. The van der Waals surface area contributed by atoms with Gasteiger partial charge in [-0.3, -0.25) is 4.99 Å². The minimum Gasteiger partial charge on any atom is -0.266 e. The van der Waals surface area contributed by atoms with Crippen LogP contribution in [0, 0.1) is 0 Å². The molecule has 0 radical (unpaired) electrons. The maximum Gasteiger partial charge on any atom is 0.0269 e. The molecule has 0 aromatic rings. The fourth-order valence-corrected chi connectivity index (χ4v) is 0.400. The third-order valence-electron chi connectivity index (χ3n) is 1.13. The normalized spacial score (nSPS) is 12.2. The lowest BCUT2D eigenvalue weighted by Crippen LogP contribution is -1.75. The molecule has 0 aliphatic rings. The third kappa shape index (κ3) is 5.29. The molecule has 10 heavy (non-hydrogen) atoms. The minimum atomic E-state index is 1.08. The average Bonchev–Trinajstić information content (AvgIpc) is 1.87. The Hall–Kier alpha value is -0.850. The lowest BCUT2D eigenvalue weighted by Gasteiger charge is -1.85. The van der Waals surface area contributed by atoms with Crippen molar-refractivity contribution < 1.29 is 0 Å². The zero-order valence-electron chi connectivity index (χ0n) is 7.18. The van der Waals surface area contributed by atoms with Crippen LogP contribution in [0.3, 0.4) is 0 Å². The summed E-state index contributed by atoms with van der Waals surface area (Å²) in [5.41, 5.74) is 2.32. The van der Waals surface area contributed by atoms with E-state index in [1.165, 1.54) is 5.57 Å². The molecule has 0 fully saturated rings. The highest BCUT2D eigenvalue weighted by atomic mass is 14.7. The van der Waals surface area contributed by atoms with Crippen LogP contribution in [-0.2, 0) is 0 Å². The Morgan fingerprint density at radius 1 is 1.20 bits per heavy atom. The van der Waals surface area contributed by atoms with Gasteiger partial charge in [-0.2, -0.15) is 0 Å². The van der Waals surface area contributed by atoms with Gasteiger partial charge in [-0.1, -0.05) is 11.6 Å². The average molecular weight is 137 g/mol. The standard InChI is InChI=1S/C9H15N/c1-5-9(4)6-7-10-8(2)3/h5-7H,1-4H3/b7-6-,9-5?. The van der Waals surface area contributed by atoms with Crippen molar-refractivity contribution in [1.29, 1.82) is 0 Å². The van der Waals surface area contributed by atoms with E-state index in [0.29, 0.717) is 0 Å². The molecule has 0 unspecified atom stereocenters. The van der Waals surface area contributed by atoms with Crippen molar-refractivity contribution in [3.05, 3.63) is 23.9 Å². The second-order valence-corrected chi connectivity index (χ2v) is 2.42. The Morgan fingerprint density at radius 2 is 1.80 bits per heavy atom. The van der Waals surface area contributed by atoms with Gasteiger partial charge in [-0.05, 0) is 33.8 Å². The Bertz CT molecular complexity index is 169. The van der Waals surface area contributed by atoms with Crippen LogP contribution in [0.5, 0.6) is 0 Å². The maximum atomic E-state index is 4.11. The summed E-state index contributed by atoms with van der Waals surface area (Å²) in [6.45, 7) is 8.03. The SMILES string of the molecule is CC=C(C)/C=C\N=C(C)C. The van der Waals surface area contributed by atoms with Gasteiger partial charge in [0.05, 0.1) is 0 Å². The van der Waals surface area contributed by atoms with Gasteiger partial charge in [-0.15, -0.1) is 0 Å². The molecule has 0 bridgehead atoms. The predicted octanol–water partition coefficient (Wildman–Crippen LogP) is 2.95. The van der Waals surface area contributed by atoms with Crippen LogP contribution < -0.4 is 0 Å². The van der Waals surface area contributed by atoms with Gasteiger partial charge < -0.3 is 0 Å². The fourth-order valence-electron chi connectivity index (χ4n) is 0.400. The highest BCUT2D eigenvalue weighted by molar-refractivity contribution is 5.79. The summed E-state index contributed by atoms with van der Waals surface area (Å²) >= 11 is 0. The molecule has 0 amide bonds. The lowest BCUT2D eigenvalue weighted by atomic mass is 10.3. The summed E-state index contributed by atoms with van der Waals surface area (Å²) in [6.07, 6.45) is 5.87. The molecule has 1 heteroatoms. The van der Waals surface area contributed by atoms with Gasteiger partial charge in [-0.25, -0.2) is 0 Å². The Morgan fingerprint density at radius 3 is 2.20 bits per heavy atom. The second-order valence-electron chi connectivity index (χ2n) is 2.42. The predicted molar refractivity (Wildman–Crippen MR) is 47.4 cm³/mol. The van der Waals surface area contributed by atoms with E-state index in [0.717, 1.165) is 5.71 Å². The van der Waals surface area contributed by atoms with Crippen molar-refractivity contribution in [2.75, 3.05) is 0 Å². The number of hydrogen-bond donors (Lipinski definition) is 0. The van der Waals surface area contributed by atoms with Crippen molar-refractivity contribution in [1.82, 2.24) is 0 Å². The van der Waals surface area contributed by atoms with Crippen LogP contribution >= 0.6 is 0 Å². The Balaban J connectivity index is 3.90. The number of allylic oxidation sites excluding steroid dienone is 3. The van der Waals surface area contributed by atoms with E-state index in [2.05, 4.69) is 18.0 Å². The molecule has 0 spiro atoms. The topological polar surface area (TPSA) is 12.4 Å². The van der Waals surface area contributed by atoms with Gasteiger partial charge in [0.15, 0.2) is 0 Å². The summed E-state index contributed by atoms with van der Waals surface area (Å²) in [6, 6.07) is 0. The van der Waals surface area contributed by atoms with Crippen LogP contribution in [0.2, 0.25) is 0 Å². The van der Waals surface area contributed by atoms with E-state index in [9.17, 15) is 0 Å². The molecule has 1 nitrogen and oxygen atoms in total. The number of aliphatic imine (C=N–C) groups is 1. The van der Waals surface area contributed by atoms with Crippen molar-refractivity contribution in [3.63, 3.8) is 0 Å². The quantitative estimate of drug-likeness (QED) is 0.410. The van der Waals surface area contributed by atoms with Crippen molar-refractivity contribution >= 4 is 5.71 Å². The zero-order valence-corrected chi connectivity index (χ0v) is 7.18. The lowest BCUT2D eigenvalue weighted by molar-refractivity contribution is 1.43. The largest absolute Gasteiger partial charge is 0.266 e. The second kappa shape index (κ2) is 4.98. The maximum absolute atomic E-state index is 4.11. The Kier molecular flexibility index (Phi) is 4.55. The molecule has 56 valence electrons.